The van der Waals surface area contributed by atoms with Crippen molar-refractivity contribution in [3.8, 4) is 0 Å². The van der Waals surface area contributed by atoms with Gasteiger partial charge in [0.2, 0.25) is 5.91 Å². The van der Waals surface area contributed by atoms with E-state index in [-0.39, 0.29) is 11.8 Å². The summed E-state index contributed by atoms with van der Waals surface area (Å²) in [6.07, 6.45) is 3.95. The van der Waals surface area contributed by atoms with Gasteiger partial charge in [-0.15, -0.1) is 0 Å². The summed E-state index contributed by atoms with van der Waals surface area (Å²) in [6.45, 7) is 19.5. The summed E-state index contributed by atoms with van der Waals surface area (Å²) >= 11 is 0. The van der Waals surface area contributed by atoms with Crippen LogP contribution in [0.15, 0.2) is 0 Å². The topological polar surface area (TPSA) is 38.8 Å². The van der Waals surface area contributed by atoms with E-state index in [4.69, 9.17) is 0 Å². The molecule has 2 heterocycles. The number of amides is 1. The summed E-state index contributed by atoms with van der Waals surface area (Å²) < 4.78 is 0. The fourth-order valence-electron chi connectivity index (χ4n) is 5.10. The Morgan fingerprint density at radius 1 is 1.00 bits per heavy atom. The first-order valence-corrected chi connectivity index (χ1v) is 10.8. The molecule has 3 aliphatic rings. The molecule has 0 aromatic heterocycles. The zero-order valence-corrected chi connectivity index (χ0v) is 17.5. The lowest BCUT2D eigenvalue weighted by atomic mass is 9.57. The highest BCUT2D eigenvalue weighted by molar-refractivity contribution is 5.77. The largest absolute Gasteiger partial charge is 0.356 e. The normalized spacial score (nSPS) is 24.8. The van der Waals surface area contributed by atoms with Gasteiger partial charge in [0.1, 0.15) is 0 Å². The Kier molecular flexibility index (Phi) is 6.63. The fraction of sp³-hybridized carbons (Fsp3) is 0.952. The number of hydrogen-bond donors (Lipinski definition) is 1. The van der Waals surface area contributed by atoms with Crippen LogP contribution in [0.1, 0.15) is 47.0 Å². The number of carbonyl (C=O) groups excluding carboxylic acids is 1. The van der Waals surface area contributed by atoms with E-state index >= 15 is 0 Å². The lowest BCUT2D eigenvalue weighted by molar-refractivity contribution is -0.126. The zero-order valence-electron chi connectivity index (χ0n) is 17.5. The minimum absolute atomic E-state index is 0.108. The Morgan fingerprint density at radius 3 is 2.19 bits per heavy atom. The average molecular weight is 365 g/mol. The first-order chi connectivity index (χ1) is 12.4. The van der Waals surface area contributed by atoms with Crippen LogP contribution in [-0.2, 0) is 4.79 Å². The number of likely N-dealkylation sites (tertiary alicyclic amines) is 1. The predicted molar refractivity (Wildman–Crippen MR) is 107 cm³/mol. The molecule has 5 nitrogen and oxygen atoms in total. The second-order valence-corrected chi connectivity index (χ2v) is 9.71. The van der Waals surface area contributed by atoms with Crippen molar-refractivity contribution in [1.82, 2.24) is 20.0 Å². The van der Waals surface area contributed by atoms with Crippen LogP contribution < -0.4 is 5.32 Å². The molecule has 0 atom stereocenters. The number of nitrogens with zero attached hydrogens (tertiary/aromatic N) is 3. The molecule has 1 saturated carbocycles. The Hall–Kier alpha value is -0.650. The molecule has 3 rings (SSSR count). The third-order valence-corrected chi connectivity index (χ3v) is 6.74. The van der Waals surface area contributed by atoms with Crippen molar-refractivity contribution in [3.05, 3.63) is 0 Å². The summed E-state index contributed by atoms with van der Waals surface area (Å²) in [7, 11) is 0. The first kappa shape index (κ1) is 20.1. The van der Waals surface area contributed by atoms with Gasteiger partial charge in [0.25, 0.3) is 0 Å². The third kappa shape index (κ3) is 4.99. The van der Waals surface area contributed by atoms with Crippen LogP contribution in [0.25, 0.3) is 0 Å². The summed E-state index contributed by atoms with van der Waals surface area (Å²) in [4.78, 5) is 19.5. The molecule has 26 heavy (non-hydrogen) atoms. The van der Waals surface area contributed by atoms with Gasteiger partial charge in [0, 0.05) is 57.8 Å². The van der Waals surface area contributed by atoms with Crippen molar-refractivity contribution < 1.29 is 4.79 Å². The fourth-order valence-corrected chi connectivity index (χ4v) is 5.10. The van der Waals surface area contributed by atoms with Crippen molar-refractivity contribution in [2.45, 2.75) is 53.0 Å². The lowest BCUT2D eigenvalue weighted by Crippen LogP contribution is -2.63. The summed E-state index contributed by atoms with van der Waals surface area (Å²) in [5.41, 5.74) is 0.607. The molecule has 0 bridgehead atoms. The van der Waals surface area contributed by atoms with Crippen LogP contribution in [0.4, 0.5) is 0 Å². The molecule has 0 aromatic carbocycles. The second-order valence-electron chi connectivity index (χ2n) is 9.71. The van der Waals surface area contributed by atoms with E-state index in [1.54, 1.807) is 0 Å². The Morgan fingerprint density at radius 2 is 1.62 bits per heavy atom. The quantitative estimate of drug-likeness (QED) is 0.714. The van der Waals surface area contributed by atoms with Crippen LogP contribution in [-0.4, -0.2) is 85.6 Å². The Balaban J connectivity index is 1.21. The molecular weight excluding hydrogens is 324 g/mol. The molecule has 150 valence electrons. The van der Waals surface area contributed by atoms with E-state index < -0.39 is 0 Å². The molecule has 0 aromatic rings. The maximum Gasteiger partial charge on any atom is 0.222 e. The second kappa shape index (κ2) is 8.57. The molecule has 1 amide bonds. The van der Waals surface area contributed by atoms with E-state index in [0.717, 1.165) is 12.5 Å². The first-order valence-electron chi connectivity index (χ1n) is 10.8. The van der Waals surface area contributed by atoms with Gasteiger partial charge >= 0.3 is 0 Å². The van der Waals surface area contributed by atoms with Crippen molar-refractivity contribution >= 4 is 5.91 Å². The zero-order chi connectivity index (χ0) is 18.7. The smallest absolute Gasteiger partial charge is 0.222 e. The van der Waals surface area contributed by atoms with E-state index in [0.29, 0.717) is 11.5 Å². The summed E-state index contributed by atoms with van der Waals surface area (Å²) in [5, 5.41) is 3.10. The maximum atomic E-state index is 11.7. The molecule has 1 spiro atoms. The Bertz CT molecular complexity index is 457. The number of hydrogen-bond acceptors (Lipinski definition) is 4. The molecule has 5 heteroatoms. The molecule has 0 radical (unpaired) electrons. The van der Waals surface area contributed by atoms with Gasteiger partial charge in [-0.1, -0.05) is 13.8 Å². The molecular formula is C21H40N4O. The summed E-state index contributed by atoms with van der Waals surface area (Å²) in [6, 6.07) is 0.694. The van der Waals surface area contributed by atoms with Crippen LogP contribution in [0.5, 0.6) is 0 Å². The average Bonchev–Trinajstić information content (AvgIpc) is 2.54. The van der Waals surface area contributed by atoms with Gasteiger partial charge in [-0.2, -0.15) is 0 Å². The van der Waals surface area contributed by atoms with Gasteiger partial charge in [0.05, 0.1) is 0 Å². The highest BCUT2D eigenvalue weighted by Crippen LogP contribution is 2.51. The number of piperazine rings is 1. The Labute approximate surface area is 160 Å². The van der Waals surface area contributed by atoms with Crippen molar-refractivity contribution in [1.29, 1.82) is 0 Å². The van der Waals surface area contributed by atoms with E-state index in [2.05, 4.69) is 33.9 Å². The molecule has 2 aliphatic heterocycles. The molecule has 2 saturated heterocycles. The van der Waals surface area contributed by atoms with E-state index in [1.165, 1.54) is 71.6 Å². The number of rotatable bonds is 8. The van der Waals surface area contributed by atoms with Crippen molar-refractivity contribution in [2.75, 3.05) is 58.9 Å². The standard InChI is InChI=1S/C21H40N4O/c1-17(2)20(26)22-14-19-12-21(13-19)15-24(16-21)7-5-6-23-8-10-25(11-9-23)18(3)4/h17-19H,5-16H2,1-4H3,(H,22,26). The van der Waals surface area contributed by atoms with Crippen LogP contribution in [0.2, 0.25) is 0 Å². The monoisotopic (exact) mass is 364 g/mol. The van der Waals surface area contributed by atoms with E-state index in [1.807, 2.05) is 13.8 Å². The number of carbonyl (C=O) groups is 1. The summed E-state index contributed by atoms with van der Waals surface area (Å²) in [5.74, 6) is 1.03. The highest BCUT2D eigenvalue weighted by atomic mass is 16.1. The lowest BCUT2D eigenvalue weighted by Gasteiger charge is -2.59. The predicted octanol–water partition coefficient (Wildman–Crippen LogP) is 1.89. The minimum atomic E-state index is 0.108. The minimum Gasteiger partial charge on any atom is -0.356 e. The molecule has 1 N–H and O–H groups in total. The third-order valence-electron chi connectivity index (χ3n) is 6.74. The molecule has 3 fully saturated rings. The van der Waals surface area contributed by atoms with E-state index in [9.17, 15) is 4.79 Å². The van der Waals surface area contributed by atoms with Gasteiger partial charge in [-0.05, 0) is 57.5 Å². The van der Waals surface area contributed by atoms with Crippen molar-refractivity contribution in [3.63, 3.8) is 0 Å². The maximum absolute atomic E-state index is 11.7. The molecule has 1 aliphatic carbocycles. The van der Waals surface area contributed by atoms with Crippen LogP contribution in [0.3, 0.4) is 0 Å². The molecule has 0 unspecified atom stereocenters. The van der Waals surface area contributed by atoms with Gasteiger partial charge < -0.3 is 15.1 Å². The van der Waals surface area contributed by atoms with Crippen LogP contribution in [0, 0.1) is 17.3 Å². The van der Waals surface area contributed by atoms with Gasteiger partial charge in [0.15, 0.2) is 0 Å². The van der Waals surface area contributed by atoms with Gasteiger partial charge in [-0.3, -0.25) is 9.69 Å². The number of nitrogens with one attached hydrogen (secondary N) is 1. The highest BCUT2D eigenvalue weighted by Gasteiger charge is 2.51. The van der Waals surface area contributed by atoms with Crippen molar-refractivity contribution in [2.24, 2.45) is 17.3 Å². The van der Waals surface area contributed by atoms with Gasteiger partial charge in [-0.25, -0.2) is 0 Å². The SMILES string of the molecule is CC(C)C(=O)NCC1CC2(C1)CN(CCCN1CCN(C(C)C)CC1)C2. The van der Waals surface area contributed by atoms with Crippen LogP contribution >= 0.6 is 0 Å².